The summed E-state index contributed by atoms with van der Waals surface area (Å²) >= 11 is 0. The highest BCUT2D eigenvalue weighted by molar-refractivity contribution is 5.03. The highest BCUT2D eigenvalue weighted by atomic mass is 16.3. The Morgan fingerprint density at radius 1 is 1.11 bits per heavy atom. The summed E-state index contributed by atoms with van der Waals surface area (Å²) in [6, 6.07) is 2.37. The van der Waals surface area contributed by atoms with Crippen LogP contribution in [0.4, 0.5) is 0 Å². The molecule has 1 saturated heterocycles. The van der Waals surface area contributed by atoms with Crippen molar-refractivity contribution in [2.45, 2.75) is 57.1 Å². The Morgan fingerprint density at radius 2 is 1.68 bits per heavy atom. The lowest BCUT2D eigenvalue weighted by atomic mass is 9.84. The lowest BCUT2D eigenvalue weighted by molar-refractivity contribution is -0.0398. The summed E-state index contributed by atoms with van der Waals surface area (Å²) in [7, 11) is 0. The molecule has 0 aromatic carbocycles. The van der Waals surface area contributed by atoms with Crippen molar-refractivity contribution in [3.8, 4) is 6.07 Å². The van der Waals surface area contributed by atoms with E-state index in [2.05, 4.69) is 15.9 Å². The molecule has 1 saturated carbocycles. The number of hydrogen-bond acceptors (Lipinski definition) is 4. The van der Waals surface area contributed by atoms with Crippen molar-refractivity contribution >= 4 is 0 Å². The van der Waals surface area contributed by atoms with E-state index >= 15 is 0 Å². The van der Waals surface area contributed by atoms with Gasteiger partial charge < -0.3 is 5.11 Å². The van der Waals surface area contributed by atoms with E-state index in [1.165, 1.54) is 6.42 Å². The van der Waals surface area contributed by atoms with Crippen LogP contribution in [0.3, 0.4) is 0 Å². The molecule has 0 atom stereocenters. The van der Waals surface area contributed by atoms with E-state index in [4.69, 9.17) is 5.26 Å². The van der Waals surface area contributed by atoms with Gasteiger partial charge in [-0.2, -0.15) is 5.26 Å². The van der Waals surface area contributed by atoms with E-state index < -0.39 is 5.60 Å². The van der Waals surface area contributed by atoms with Gasteiger partial charge in [0, 0.05) is 32.7 Å². The Morgan fingerprint density at radius 3 is 2.21 bits per heavy atom. The van der Waals surface area contributed by atoms with Crippen LogP contribution in [0.2, 0.25) is 0 Å². The van der Waals surface area contributed by atoms with Crippen LogP contribution in [0.25, 0.3) is 0 Å². The van der Waals surface area contributed by atoms with Crippen LogP contribution in [0, 0.1) is 11.3 Å². The quantitative estimate of drug-likeness (QED) is 0.842. The van der Waals surface area contributed by atoms with Crippen molar-refractivity contribution in [1.82, 2.24) is 9.80 Å². The molecule has 0 radical (unpaired) electrons. The maximum absolute atomic E-state index is 10.6. The second-order valence-corrected chi connectivity index (χ2v) is 6.72. The highest BCUT2D eigenvalue weighted by Crippen LogP contribution is 2.29. The Hall–Kier alpha value is -0.630. The van der Waals surface area contributed by atoms with Crippen LogP contribution < -0.4 is 0 Å². The smallest absolute Gasteiger partial charge is 0.103 e. The van der Waals surface area contributed by atoms with Crippen LogP contribution in [0.15, 0.2) is 0 Å². The minimum Gasteiger partial charge on any atom is -0.389 e. The fraction of sp³-hybridized carbons (Fsp3) is 0.933. The maximum atomic E-state index is 10.6. The summed E-state index contributed by atoms with van der Waals surface area (Å²) in [5.41, 5.74) is -0.820. The van der Waals surface area contributed by atoms with Crippen molar-refractivity contribution in [1.29, 1.82) is 5.26 Å². The molecule has 0 bridgehead atoms. The fourth-order valence-electron chi connectivity index (χ4n) is 3.32. The minimum atomic E-state index is -0.453. The predicted molar refractivity (Wildman–Crippen MR) is 75.7 cm³/mol. The number of nitrogens with zero attached hydrogens (tertiary/aromatic N) is 3. The van der Waals surface area contributed by atoms with E-state index in [-0.39, 0.29) is 5.54 Å². The molecule has 2 aliphatic rings. The minimum absolute atomic E-state index is 0.367. The van der Waals surface area contributed by atoms with Crippen molar-refractivity contribution in [2.24, 2.45) is 0 Å². The fourth-order valence-corrected chi connectivity index (χ4v) is 3.32. The third-order valence-electron chi connectivity index (χ3n) is 4.74. The molecule has 4 heteroatoms. The SMILES string of the molecule is CC(C)(C#N)N1CCN(CC2(O)CCCCC2)CC1. The zero-order chi connectivity index (χ0) is 13.9. The monoisotopic (exact) mass is 265 g/mol. The second-order valence-electron chi connectivity index (χ2n) is 6.72. The first kappa shape index (κ1) is 14.8. The first-order chi connectivity index (χ1) is 8.95. The van der Waals surface area contributed by atoms with Gasteiger partial charge in [0.15, 0.2) is 0 Å². The summed E-state index contributed by atoms with van der Waals surface area (Å²) < 4.78 is 0. The molecule has 1 aliphatic carbocycles. The lowest BCUT2D eigenvalue weighted by Gasteiger charge is -2.43. The van der Waals surface area contributed by atoms with Gasteiger partial charge in [0.2, 0.25) is 0 Å². The summed E-state index contributed by atoms with van der Waals surface area (Å²) in [5, 5.41) is 19.8. The van der Waals surface area contributed by atoms with Gasteiger partial charge in [0.25, 0.3) is 0 Å². The van der Waals surface area contributed by atoms with Gasteiger partial charge in [-0.1, -0.05) is 19.3 Å². The van der Waals surface area contributed by atoms with Crippen molar-refractivity contribution in [3.05, 3.63) is 0 Å². The summed E-state index contributed by atoms with van der Waals surface area (Å²) in [5.74, 6) is 0. The molecule has 0 aromatic rings. The summed E-state index contributed by atoms with van der Waals surface area (Å²) in [6.45, 7) is 8.57. The number of β-amino-alcohol motifs (C(OH)–C–C–N with tert-alkyl or cyclic N) is 1. The molecule has 0 spiro atoms. The number of rotatable bonds is 3. The molecule has 19 heavy (non-hydrogen) atoms. The van der Waals surface area contributed by atoms with Gasteiger partial charge in [0.1, 0.15) is 5.54 Å². The van der Waals surface area contributed by atoms with Crippen LogP contribution >= 0.6 is 0 Å². The molecule has 1 N–H and O–H groups in total. The number of nitriles is 1. The van der Waals surface area contributed by atoms with Gasteiger partial charge in [-0.25, -0.2) is 0 Å². The molecule has 0 amide bonds. The van der Waals surface area contributed by atoms with Crippen LogP contribution in [0.1, 0.15) is 46.0 Å². The molecule has 4 nitrogen and oxygen atoms in total. The zero-order valence-electron chi connectivity index (χ0n) is 12.4. The summed E-state index contributed by atoms with van der Waals surface area (Å²) in [6.07, 6.45) is 5.51. The Labute approximate surface area is 117 Å². The first-order valence-electron chi connectivity index (χ1n) is 7.56. The van der Waals surface area contributed by atoms with Crippen LogP contribution in [0.5, 0.6) is 0 Å². The maximum Gasteiger partial charge on any atom is 0.103 e. The number of hydrogen-bond donors (Lipinski definition) is 1. The third kappa shape index (κ3) is 3.68. The molecule has 2 fully saturated rings. The number of aliphatic hydroxyl groups is 1. The molecular formula is C15H27N3O. The van der Waals surface area contributed by atoms with Crippen LogP contribution in [-0.2, 0) is 0 Å². The highest BCUT2D eigenvalue weighted by Gasteiger charge is 2.34. The number of piperazine rings is 1. The van der Waals surface area contributed by atoms with Crippen molar-refractivity contribution < 1.29 is 5.11 Å². The van der Waals surface area contributed by atoms with E-state index in [0.29, 0.717) is 0 Å². The zero-order valence-corrected chi connectivity index (χ0v) is 12.4. The van der Waals surface area contributed by atoms with Gasteiger partial charge in [0.05, 0.1) is 11.7 Å². The third-order valence-corrected chi connectivity index (χ3v) is 4.74. The molecule has 1 heterocycles. The Bertz CT molecular complexity index is 334. The van der Waals surface area contributed by atoms with Crippen molar-refractivity contribution in [3.63, 3.8) is 0 Å². The second kappa shape index (κ2) is 5.78. The van der Waals surface area contributed by atoms with Crippen LogP contribution in [-0.4, -0.2) is 58.8 Å². The lowest BCUT2D eigenvalue weighted by Crippen LogP contribution is -2.56. The van der Waals surface area contributed by atoms with Crippen molar-refractivity contribution in [2.75, 3.05) is 32.7 Å². The summed E-state index contributed by atoms with van der Waals surface area (Å²) in [4.78, 5) is 4.61. The van der Waals surface area contributed by atoms with Gasteiger partial charge in [-0.05, 0) is 26.7 Å². The molecule has 2 rings (SSSR count). The molecule has 108 valence electrons. The average molecular weight is 265 g/mol. The topological polar surface area (TPSA) is 50.5 Å². The predicted octanol–water partition coefficient (Wildman–Crippen LogP) is 1.60. The van der Waals surface area contributed by atoms with Gasteiger partial charge in [-0.15, -0.1) is 0 Å². The first-order valence-corrected chi connectivity index (χ1v) is 7.56. The standard InChI is InChI=1S/C15H27N3O/c1-14(2,12-16)18-10-8-17(9-11-18)13-15(19)6-4-3-5-7-15/h19H,3-11,13H2,1-2H3. The Balaban J connectivity index is 1.82. The van der Waals surface area contributed by atoms with Gasteiger partial charge >= 0.3 is 0 Å². The average Bonchev–Trinajstić information content (AvgIpc) is 2.40. The van der Waals surface area contributed by atoms with E-state index in [0.717, 1.165) is 58.4 Å². The van der Waals surface area contributed by atoms with E-state index in [1.807, 2.05) is 13.8 Å². The molecular weight excluding hydrogens is 238 g/mol. The van der Waals surface area contributed by atoms with E-state index in [9.17, 15) is 5.11 Å². The van der Waals surface area contributed by atoms with E-state index in [1.54, 1.807) is 0 Å². The Kier molecular flexibility index (Phi) is 4.50. The normalized spacial score (nSPS) is 26.0. The van der Waals surface area contributed by atoms with Gasteiger partial charge in [-0.3, -0.25) is 9.80 Å². The molecule has 0 unspecified atom stereocenters. The largest absolute Gasteiger partial charge is 0.389 e. The molecule has 0 aromatic heterocycles. The molecule has 1 aliphatic heterocycles.